The third-order valence-electron chi connectivity index (χ3n) is 7.33. The number of H-pyrrole nitrogens is 1. The van der Waals surface area contributed by atoms with Gasteiger partial charge in [-0.05, 0) is 32.6 Å². The fourth-order valence-corrected chi connectivity index (χ4v) is 4.84. The van der Waals surface area contributed by atoms with Gasteiger partial charge in [0.25, 0.3) is 0 Å². The van der Waals surface area contributed by atoms with Crippen LogP contribution < -0.4 is 10.2 Å². The number of nitrogens with zero attached hydrogens (tertiary/aromatic N) is 5. The lowest BCUT2D eigenvalue weighted by molar-refractivity contribution is -0.131. The summed E-state index contributed by atoms with van der Waals surface area (Å²) >= 11 is 0. The molecule has 2 N–H and O–H groups in total. The monoisotopic (exact) mass is 445 g/mol. The molecule has 2 saturated carbocycles. The minimum absolute atomic E-state index is 0.0997. The summed E-state index contributed by atoms with van der Waals surface area (Å²) in [5, 5.41) is 10.2. The van der Waals surface area contributed by atoms with Crippen molar-refractivity contribution < 1.29 is 13.5 Å². The van der Waals surface area contributed by atoms with E-state index < -0.39 is 12.0 Å². The number of ether oxygens (including phenoxy) is 1. The van der Waals surface area contributed by atoms with Crippen LogP contribution in [0.5, 0.6) is 0 Å². The number of hydrogen-bond donors (Lipinski definition) is 2. The molecule has 6 rings (SSSR count). The van der Waals surface area contributed by atoms with Crippen molar-refractivity contribution >= 4 is 17.5 Å². The molecule has 0 radical (unpaired) electrons. The Morgan fingerprint density at radius 3 is 2.50 bits per heavy atom. The highest BCUT2D eigenvalue weighted by Crippen LogP contribution is 2.41. The molecule has 4 aliphatic rings. The Morgan fingerprint density at radius 1 is 1.12 bits per heavy atom. The topological polar surface area (TPSA) is 82.2 Å². The molecule has 4 heterocycles. The van der Waals surface area contributed by atoms with Crippen LogP contribution in [0.4, 0.5) is 26.2 Å². The molecule has 0 unspecified atom stereocenters. The van der Waals surface area contributed by atoms with Crippen molar-refractivity contribution in [3.8, 4) is 0 Å². The van der Waals surface area contributed by atoms with Gasteiger partial charge in [0.2, 0.25) is 5.82 Å². The van der Waals surface area contributed by atoms with Crippen molar-refractivity contribution in [3.05, 3.63) is 23.4 Å². The zero-order valence-electron chi connectivity index (χ0n) is 18.3. The van der Waals surface area contributed by atoms with E-state index in [2.05, 4.69) is 37.3 Å². The maximum Gasteiger partial charge on any atom is 0.208 e. The number of alkyl halides is 1. The van der Waals surface area contributed by atoms with Crippen LogP contribution in [0.1, 0.15) is 56.0 Å². The molecule has 0 atom stereocenters. The molecular formula is C22H29F2N7O. The van der Waals surface area contributed by atoms with E-state index in [1.54, 1.807) is 0 Å². The average Bonchev–Trinajstić information content (AvgIpc) is 3.51. The summed E-state index contributed by atoms with van der Waals surface area (Å²) in [6, 6.07) is 1.83. The molecule has 8 nitrogen and oxygen atoms in total. The predicted molar refractivity (Wildman–Crippen MR) is 116 cm³/mol. The minimum Gasteiger partial charge on any atom is -0.377 e. The molecule has 172 valence electrons. The van der Waals surface area contributed by atoms with E-state index in [1.165, 1.54) is 0 Å². The molecule has 10 heteroatoms. The summed E-state index contributed by atoms with van der Waals surface area (Å²) in [6.07, 6.45) is 2.36. The van der Waals surface area contributed by atoms with Crippen LogP contribution in [0.3, 0.4) is 0 Å². The van der Waals surface area contributed by atoms with Gasteiger partial charge in [-0.3, -0.25) is 10.00 Å². The van der Waals surface area contributed by atoms with Crippen molar-refractivity contribution in [1.82, 2.24) is 25.1 Å². The van der Waals surface area contributed by atoms with E-state index in [0.29, 0.717) is 49.3 Å². The van der Waals surface area contributed by atoms with Gasteiger partial charge in [0, 0.05) is 49.8 Å². The molecule has 2 aliphatic heterocycles. The van der Waals surface area contributed by atoms with E-state index in [4.69, 9.17) is 4.74 Å². The number of piperazine rings is 1. The lowest BCUT2D eigenvalue weighted by atomic mass is 9.81. The number of aromatic amines is 1. The van der Waals surface area contributed by atoms with Gasteiger partial charge in [0.1, 0.15) is 12.0 Å². The van der Waals surface area contributed by atoms with Gasteiger partial charge in [-0.25, -0.2) is 14.4 Å². The zero-order valence-corrected chi connectivity index (χ0v) is 18.3. The summed E-state index contributed by atoms with van der Waals surface area (Å²) in [7, 11) is 0. The normalized spacial score (nSPS) is 27.7. The third kappa shape index (κ3) is 3.63. The summed E-state index contributed by atoms with van der Waals surface area (Å²) in [5.74, 6) is 1.73. The molecule has 0 aromatic carbocycles. The second-order valence-electron chi connectivity index (χ2n) is 9.91. The quantitative estimate of drug-likeness (QED) is 0.707. The van der Waals surface area contributed by atoms with Gasteiger partial charge >= 0.3 is 0 Å². The summed E-state index contributed by atoms with van der Waals surface area (Å²) in [4.78, 5) is 13.6. The number of rotatable bonds is 6. The second-order valence-corrected chi connectivity index (χ2v) is 9.91. The highest BCUT2D eigenvalue weighted by Gasteiger charge is 2.41. The second kappa shape index (κ2) is 7.62. The number of halogens is 2. The first-order chi connectivity index (χ1) is 15.5. The maximum absolute atomic E-state index is 15.6. The molecule has 32 heavy (non-hydrogen) atoms. The van der Waals surface area contributed by atoms with Crippen LogP contribution >= 0.6 is 0 Å². The first-order valence-electron chi connectivity index (χ1n) is 11.6. The number of nitrogens with one attached hydrogen (secondary N) is 2. The summed E-state index contributed by atoms with van der Waals surface area (Å²) < 4.78 is 34.2. The lowest BCUT2D eigenvalue weighted by Crippen LogP contribution is -2.64. The van der Waals surface area contributed by atoms with E-state index in [1.807, 2.05) is 11.0 Å². The highest BCUT2D eigenvalue weighted by atomic mass is 19.1. The van der Waals surface area contributed by atoms with E-state index in [9.17, 15) is 4.39 Å². The van der Waals surface area contributed by atoms with Gasteiger partial charge in [0.15, 0.2) is 17.5 Å². The molecule has 2 aromatic rings. The third-order valence-corrected chi connectivity index (χ3v) is 7.33. The van der Waals surface area contributed by atoms with Gasteiger partial charge in [0.05, 0.1) is 18.8 Å². The number of aromatic nitrogens is 4. The Bertz CT molecular complexity index is 992. The summed E-state index contributed by atoms with van der Waals surface area (Å²) in [6.45, 7) is 6.87. The zero-order chi connectivity index (χ0) is 21.9. The molecule has 4 fully saturated rings. The summed E-state index contributed by atoms with van der Waals surface area (Å²) in [5.41, 5.74) is 0.978. The molecule has 2 aromatic heterocycles. The molecular weight excluding hydrogens is 416 g/mol. The van der Waals surface area contributed by atoms with Gasteiger partial charge in [-0.2, -0.15) is 9.49 Å². The minimum atomic E-state index is -0.734. The molecule has 2 aliphatic carbocycles. The maximum atomic E-state index is 15.6. The Kier molecular flexibility index (Phi) is 4.83. The van der Waals surface area contributed by atoms with Crippen LogP contribution in [0, 0.1) is 5.82 Å². The van der Waals surface area contributed by atoms with Crippen LogP contribution in [0.25, 0.3) is 0 Å². The number of hydrogen-bond acceptors (Lipinski definition) is 7. The molecule has 0 bridgehead atoms. The van der Waals surface area contributed by atoms with Crippen LogP contribution in [0.15, 0.2) is 6.07 Å². The Labute approximate surface area is 185 Å². The fourth-order valence-electron chi connectivity index (χ4n) is 4.84. The fraction of sp³-hybridized carbons (Fsp3) is 0.682. The van der Waals surface area contributed by atoms with Crippen LogP contribution in [0.2, 0.25) is 0 Å². The predicted octanol–water partition coefficient (Wildman–Crippen LogP) is 3.09. The van der Waals surface area contributed by atoms with E-state index >= 15 is 4.39 Å². The first-order valence-corrected chi connectivity index (χ1v) is 11.6. The molecule has 2 saturated heterocycles. The lowest BCUT2D eigenvalue weighted by Gasteiger charge is -2.50. The highest BCUT2D eigenvalue weighted by molar-refractivity contribution is 5.59. The smallest absolute Gasteiger partial charge is 0.208 e. The van der Waals surface area contributed by atoms with Crippen molar-refractivity contribution in [2.45, 2.75) is 56.2 Å². The van der Waals surface area contributed by atoms with Gasteiger partial charge in [-0.1, -0.05) is 0 Å². The van der Waals surface area contributed by atoms with Crippen LogP contribution in [-0.2, 0) is 4.74 Å². The van der Waals surface area contributed by atoms with Gasteiger partial charge in [-0.15, -0.1) is 0 Å². The van der Waals surface area contributed by atoms with E-state index in [-0.39, 0.29) is 17.3 Å². The molecule has 0 amide bonds. The first kappa shape index (κ1) is 20.3. The SMILES string of the molecule is CC1(N2CCN(c3nc(C4CC4)nc(Nc4cc([C@H]5C[C@H](F)C5)[nH]n4)c3F)CC2)COC1. The Hall–Kier alpha value is -2.33. The van der Waals surface area contributed by atoms with E-state index in [0.717, 1.165) is 44.8 Å². The largest absolute Gasteiger partial charge is 0.377 e. The standard InChI is InChI=1S/C22H29F2N7O/c1-22(11-32-12-22)31-6-4-30(5-7-31)21-18(24)20(26-19(27-21)13-2-3-13)25-17-10-16(28-29-17)14-8-15(23)9-14/h10,13-15H,2-9,11-12H2,1H3,(H2,25,26,27,28,29)/t14-,15-. The van der Waals surface area contributed by atoms with Crippen LogP contribution in [-0.4, -0.2) is 76.2 Å². The van der Waals surface area contributed by atoms with Crippen molar-refractivity contribution in [2.24, 2.45) is 0 Å². The van der Waals surface area contributed by atoms with Crippen molar-refractivity contribution in [2.75, 3.05) is 49.6 Å². The van der Waals surface area contributed by atoms with Crippen molar-refractivity contribution in [1.29, 1.82) is 0 Å². The Balaban J connectivity index is 1.21. The van der Waals surface area contributed by atoms with Crippen molar-refractivity contribution in [3.63, 3.8) is 0 Å². The molecule has 0 spiro atoms. The number of anilines is 3. The van der Waals surface area contributed by atoms with Gasteiger partial charge < -0.3 is 15.0 Å². The average molecular weight is 446 g/mol. The Morgan fingerprint density at radius 2 is 1.88 bits per heavy atom.